The fourth-order valence-corrected chi connectivity index (χ4v) is 22.7. The Bertz CT molecular complexity index is 195. The molecular weight excluding hydrogens is 486 g/mol. The van der Waals surface area contributed by atoms with E-state index in [4.69, 9.17) is 0 Å². The topological polar surface area (TPSA) is 0 Å². The van der Waals surface area contributed by atoms with Gasteiger partial charge in [-0.2, -0.15) is 0 Å². The van der Waals surface area contributed by atoms with Crippen LogP contribution in [0.5, 0.6) is 0 Å². The molecule has 0 bridgehead atoms. The number of hydrogen-bond donors (Lipinski definition) is 0. The van der Waals surface area contributed by atoms with Crippen LogP contribution in [0.4, 0.5) is 0 Å². The van der Waals surface area contributed by atoms with Crippen molar-refractivity contribution >= 4 is 58.4 Å². The van der Waals surface area contributed by atoms with E-state index in [1.807, 2.05) is 0 Å². The first-order chi connectivity index (χ1) is 9.21. The molecule has 0 aliphatic carbocycles. The van der Waals surface area contributed by atoms with Gasteiger partial charge in [0, 0.05) is 0 Å². The maximum atomic E-state index is 2.54. The van der Waals surface area contributed by atoms with Gasteiger partial charge in [-0.3, -0.25) is 0 Å². The van der Waals surface area contributed by atoms with Crippen LogP contribution >= 0.6 is 0 Å². The Morgan fingerprint density at radius 2 is 0.800 bits per heavy atom. The molecule has 0 aliphatic rings. The second kappa shape index (κ2) is 12.5. The molecule has 0 amide bonds. The molecule has 20 heavy (non-hydrogen) atoms. The SMILES string of the molecule is C[Si](C)(C)[CH2][Sn][CH2]CCCCCC[CH2][Sn][CH2][Si](C)(C)C. The Hall–Kier alpha value is 2.03. The molecule has 0 N–H and O–H groups in total. The van der Waals surface area contributed by atoms with Gasteiger partial charge in [0.05, 0.1) is 0 Å². The van der Waals surface area contributed by atoms with Crippen LogP contribution in [-0.2, 0) is 0 Å². The molecule has 0 nitrogen and oxygen atoms in total. The second-order valence-electron chi connectivity index (χ2n) is 8.60. The summed E-state index contributed by atoms with van der Waals surface area (Å²) in [6.45, 7) is 15.3. The molecule has 0 unspecified atom stereocenters. The van der Waals surface area contributed by atoms with Crippen LogP contribution in [0.1, 0.15) is 38.5 Å². The van der Waals surface area contributed by atoms with E-state index in [9.17, 15) is 0 Å². The predicted octanol–water partition coefficient (Wildman–Crippen LogP) is 6.16. The van der Waals surface area contributed by atoms with Crippen LogP contribution in [0, 0.1) is 0 Å². The summed E-state index contributed by atoms with van der Waals surface area (Å²) < 4.78 is 6.74. The van der Waals surface area contributed by atoms with Crippen molar-refractivity contribution in [1.29, 1.82) is 0 Å². The maximum absolute atomic E-state index is 2.54. The second-order valence-corrected chi connectivity index (χ2v) is 31.3. The van der Waals surface area contributed by atoms with Crippen molar-refractivity contribution in [1.82, 2.24) is 0 Å². The van der Waals surface area contributed by atoms with Gasteiger partial charge in [-0.25, -0.2) is 0 Å². The summed E-state index contributed by atoms with van der Waals surface area (Å²) in [5, 5.41) is 0. The van der Waals surface area contributed by atoms with Gasteiger partial charge in [0.1, 0.15) is 0 Å². The minimum atomic E-state index is -0.682. The van der Waals surface area contributed by atoms with Crippen molar-refractivity contribution in [3.63, 3.8) is 0 Å². The van der Waals surface area contributed by atoms with Crippen molar-refractivity contribution in [2.24, 2.45) is 0 Å². The average Bonchev–Trinajstić information content (AvgIpc) is 2.27. The van der Waals surface area contributed by atoms with E-state index in [2.05, 4.69) is 39.3 Å². The van der Waals surface area contributed by atoms with Crippen LogP contribution in [0.25, 0.3) is 0 Å². The molecule has 4 heteroatoms. The molecule has 4 radical (unpaired) electrons. The first kappa shape index (κ1) is 22.0. The van der Waals surface area contributed by atoms with Crippen molar-refractivity contribution in [2.45, 2.75) is 94.8 Å². The standard InChI is InChI=1S/C8H16.2C4H11Si.2Sn/c1-3-5-7-8-6-4-2;2*1-5(2,3)4;;/h1-8H2;2*1H2,2-4H3;;. The van der Waals surface area contributed by atoms with E-state index in [1.165, 1.54) is 12.8 Å². The fourth-order valence-electron chi connectivity index (χ4n) is 2.13. The van der Waals surface area contributed by atoms with Crippen LogP contribution in [0.15, 0.2) is 0 Å². The van der Waals surface area contributed by atoms with Crippen molar-refractivity contribution < 1.29 is 0 Å². The van der Waals surface area contributed by atoms with Gasteiger partial charge in [-0.05, 0) is 0 Å². The number of unbranched alkanes of at least 4 members (excludes halogenated alkanes) is 5. The Labute approximate surface area is 152 Å². The van der Waals surface area contributed by atoms with Gasteiger partial charge in [-0.15, -0.1) is 0 Å². The third-order valence-electron chi connectivity index (χ3n) is 3.27. The third kappa shape index (κ3) is 20.0. The molecule has 0 fully saturated rings. The van der Waals surface area contributed by atoms with E-state index in [0.717, 1.165) is 0 Å². The molecule has 0 saturated carbocycles. The van der Waals surface area contributed by atoms with Gasteiger partial charge >= 0.3 is 153 Å². The van der Waals surface area contributed by atoms with E-state index in [1.54, 1.807) is 42.7 Å². The molecule has 0 aromatic heterocycles. The number of hydrogen-bond acceptors (Lipinski definition) is 0. The van der Waals surface area contributed by atoms with Crippen molar-refractivity contribution in [2.75, 3.05) is 0 Å². The van der Waals surface area contributed by atoms with Crippen LogP contribution < -0.4 is 0 Å². The molecule has 0 heterocycles. The summed E-state index contributed by atoms with van der Waals surface area (Å²) in [5.41, 5.74) is 0. The fraction of sp³-hybridized carbons (Fsp3) is 1.00. The van der Waals surface area contributed by atoms with Crippen LogP contribution in [0.3, 0.4) is 0 Å². The quantitative estimate of drug-likeness (QED) is 0.200. The van der Waals surface area contributed by atoms with E-state index < -0.39 is 16.1 Å². The Morgan fingerprint density at radius 1 is 0.500 bits per heavy atom. The van der Waals surface area contributed by atoms with Crippen molar-refractivity contribution in [3.8, 4) is 0 Å². The molecule has 0 rings (SSSR count). The number of rotatable bonds is 13. The Morgan fingerprint density at radius 3 is 1.10 bits per heavy atom. The molecule has 118 valence electrons. The summed E-state index contributed by atoms with van der Waals surface area (Å²) in [5.74, 6) is 0. The Kier molecular flexibility index (Phi) is 13.7. The molecule has 0 spiro atoms. The molecule has 0 saturated heterocycles. The summed E-state index contributed by atoms with van der Waals surface area (Å²) in [6, 6.07) is 0. The molecule has 0 aliphatic heterocycles. The summed E-state index contributed by atoms with van der Waals surface area (Å²) in [7, 11) is -1.36. The summed E-state index contributed by atoms with van der Waals surface area (Å²) in [6.07, 6.45) is 9.30. The minimum absolute atomic E-state index is 0.0500. The van der Waals surface area contributed by atoms with Gasteiger partial charge < -0.3 is 0 Å². The molecular formula is C16H38Si2Sn2. The van der Waals surface area contributed by atoms with Gasteiger partial charge in [0.2, 0.25) is 0 Å². The monoisotopic (exact) mass is 526 g/mol. The average molecular weight is 524 g/mol. The normalized spacial score (nSPS) is 12.9. The summed E-state index contributed by atoms with van der Waals surface area (Å²) >= 11 is 0.0999. The van der Waals surface area contributed by atoms with E-state index in [0.29, 0.717) is 0 Å². The molecule has 0 aromatic carbocycles. The zero-order valence-corrected chi connectivity index (χ0v) is 22.8. The predicted molar refractivity (Wildman–Crippen MR) is 105 cm³/mol. The van der Waals surface area contributed by atoms with Gasteiger partial charge in [0.25, 0.3) is 0 Å². The zero-order valence-electron chi connectivity index (χ0n) is 15.1. The molecule has 0 atom stereocenters. The van der Waals surface area contributed by atoms with Crippen LogP contribution in [0.2, 0.25) is 56.3 Å². The van der Waals surface area contributed by atoms with Crippen molar-refractivity contribution in [3.05, 3.63) is 0 Å². The first-order valence-electron chi connectivity index (χ1n) is 8.62. The van der Waals surface area contributed by atoms with E-state index >= 15 is 0 Å². The van der Waals surface area contributed by atoms with Gasteiger partial charge in [-0.1, -0.05) is 0 Å². The zero-order chi connectivity index (χ0) is 15.5. The van der Waals surface area contributed by atoms with Crippen LogP contribution in [-0.4, -0.2) is 58.4 Å². The summed E-state index contributed by atoms with van der Waals surface area (Å²) in [4.78, 5) is 0. The third-order valence-corrected chi connectivity index (χ3v) is 32.4. The Balaban J connectivity index is 3.10. The first-order valence-corrected chi connectivity index (χ1v) is 24.1. The molecule has 0 aromatic rings. The van der Waals surface area contributed by atoms with E-state index in [-0.39, 0.29) is 42.3 Å². The van der Waals surface area contributed by atoms with Gasteiger partial charge in [0.15, 0.2) is 0 Å².